The van der Waals surface area contributed by atoms with Crippen molar-refractivity contribution in [1.29, 1.82) is 0 Å². The molecule has 0 heterocycles. The van der Waals surface area contributed by atoms with E-state index < -0.39 is 5.91 Å². The molecule has 0 aliphatic rings. The number of carbonyl (C=O) groups excluding carboxylic acids is 1. The largest absolute Gasteiger partial charge is 0.493 e. The number of carbonyl (C=O) groups is 1. The average molecular weight is 240 g/mol. The maximum atomic E-state index is 10.4. The summed E-state index contributed by atoms with van der Waals surface area (Å²) in [6.07, 6.45) is 0. The van der Waals surface area contributed by atoms with Crippen molar-refractivity contribution in [3.8, 4) is 11.5 Å². The molecule has 0 radical (unpaired) electrons. The Morgan fingerprint density at radius 2 is 2.12 bits per heavy atom. The Hall–Kier alpha value is -1.79. The first-order valence-electron chi connectivity index (χ1n) is 5.02. The highest BCUT2D eigenvalue weighted by Crippen LogP contribution is 2.30. The maximum absolute atomic E-state index is 10.4. The maximum Gasteiger partial charge on any atom is 0.245 e. The minimum Gasteiger partial charge on any atom is -0.493 e. The van der Waals surface area contributed by atoms with Gasteiger partial charge in [0.25, 0.3) is 0 Å². The first-order chi connectivity index (χ1) is 8.19. The molecule has 3 N–H and O–H groups in total. The predicted molar refractivity (Wildman–Crippen MR) is 61.5 cm³/mol. The van der Waals surface area contributed by atoms with Gasteiger partial charge in [0.1, 0.15) is 6.61 Å². The molecule has 0 aliphatic carbocycles. The zero-order valence-electron chi connectivity index (χ0n) is 9.86. The number of methoxy groups -OCH3 is 2. The van der Waals surface area contributed by atoms with E-state index in [2.05, 4.69) is 5.48 Å². The minimum absolute atomic E-state index is 0.174. The summed E-state index contributed by atoms with van der Waals surface area (Å²) in [5.41, 5.74) is 8.41. The summed E-state index contributed by atoms with van der Waals surface area (Å²) in [7, 11) is 3.13. The Morgan fingerprint density at radius 1 is 1.35 bits per heavy atom. The normalized spacial score (nSPS) is 10.0. The van der Waals surface area contributed by atoms with Gasteiger partial charge in [-0.3, -0.25) is 9.63 Å². The molecule has 1 amide bonds. The Kier molecular flexibility index (Phi) is 5.25. The highest BCUT2D eigenvalue weighted by atomic mass is 16.6. The van der Waals surface area contributed by atoms with E-state index in [1.165, 1.54) is 0 Å². The fourth-order valence-corrected chi connectivity index (χ4v) is 1.34. The van der Waals surface area contributed by atoms with Crippen LogP contribution in [0.25, 0.3) is 0 Å². The van der Waals surface area contributed by atoms with Crippen molar-refractivity contribution in [1.82, 2.24) is 5.48 Å². The van der Waals surface area contributed by atoms with Crippen LogP contribution in [0, 0.1) is 0 Å². The number of rotatable bonds is 7. The van der Waals surface area contributed by atoms with Gasteiger partial charge < -0.3 is 15.2 Å². The number of amides is 1. The number of hydrogen-bond donors (Lipinski definition) is 2. The summed E-state index contributed by atoms with van der Waals surface area (Å²) in [5, 5.41) is 0. The molecule has 0 fully saturated rings. The van der Waals surface area contributed by atoms with Gasteiger partial charge >= 0.3 is 0 Å². The number of nitrogens with one attached hydrogen (secondary N) is 1. The van der Waals surface area contributed by atoms with Crippen molar-refractivity contribution in [3.63, 3.8) is 0 Å². The average Bonchev–Trinajstić information content (AvgIpc) is 2.33. The fourth-order valence-electron chi connectivity index (χ4n) is 1.34. The van der Waals surface area contributed by atoms with E-state index in [9.17, 15) is 4.79 Å². The molecule has 1 rings (SSSR count). The lowest BCUT2D eigenvalue weighted by Crippen LogP contribution is -2.24. The molecule has 0 saturated heterocycles. The Labute approximate surface area is 99.6 Å². The second kappa shape index (κ2) is 6.72. The number of benzene rings is 1. The van der Waals surface area contributed by atoms with Gasteiger partial charge in [-0.15, -0.1) is 0 Å². The topological polar surface area (TPSA) is 82.8 Å². The highest BCUT2D eigenvalue weighted by Gasteiger charge is 2.08. The monoisotopic (exact) mass is 240 g/mol. The van der Waals surface area contributed by atoms with E-state index in [0.29, 0.717) is 18.0 Å². The molecule has 0 atom stereocenters. The minimum atomic E-state index is -0.532. The lowest BCUT2D eigenvalue weighted by atomic mass is 10.2. The van der Waals surface area contributed by atoms with E-state index in [0.717, 1.165) is 5.56 Å². The zero-order valence-corrected chi connectivity index (χ0v) is 9.86. The quantitative estimate of drug-likeness (QED) is 0.526. The van der Waals surface area contributed by atoms with Crippen LogP contribution in [-0.2, 0) is 16.2 Å². The van der Waals surface area contributed by atoms with E-state index in [1.807, 2.05) is 12.1 Å². The van der Waals surface area contributed by atoms with Crippen LogP contribution < -0.4 is 20.7 Å². The van der Waals surface area contributed by atoms with Crippen LogP contribution in [0.15, 0.2) is 18.2 Å². The molecule has 1 aromatic rings. The molecule has 0 saturated carbocycles. The predicted octanol–water partition coefficient (Wildman–Crippen LogP) is 0.210. The van der Waals surface area contributed by atoms with Crippen molar-refractivity contribution in [2.24, 2.45) is 5.73 Å². The number of primary amides is 1. The second-order valence-corrected chi connectivity index (χ2v) is 3.23. The van der Waals surface area contributed by atoms with Crippen LogP contribution >= 0.6 is 0 Å². The van der Waals surface area contributed by atoms with Crippen molar-refractivity contribution in [2.45, 2.75) is 6.54 Å². The Balaban J connectivity index is 2.60. The standard InChI is InChI=1S/C11H16N2O4/c1-15-9-5-3-4-8(11(9)16-2)6-13-17-7-10(12)14/h3-5,13H,6-7H2,1-2H3,(H2,12,14). The molecule has 0 aromatic heterocycles. The molecule has 6 nitrogen and oxygen atoms in total. The SMILES string of the molecule is COc1cccc(CNOCC(N)=O)c1OC. The van der Waals surface area contributed by atoms with Crippen LogP contribution in [0.4, 0.5) is 0 Å². The summed E-state index contributed by atoms with van der Waals surface area (Å²) in [4.78, 5) is 15.3. The molecule has 6 heteroatoms. The summed E-state index contributed by atoms with van der Waals surface area (Å²) < 4.78 is 10.4. The number of hydrogen-bond acceptors (Lipinski definition) is 5. The third-order valence-electron chi connectivity index (χ3n) is 2.06. The lowest BCUT2D eigenvalue weighted by Gasteiger charge is -2.12. The lowest BCUT2D eigenvalue weighted by molar-refractivity contribution is -0.125. The van der Waals surface area contributed by atoms with Crippen molar-refractivity contribution in [2.75, 3.05) is 20.8 Å². The van der Waals surface area contributed by atoms with Gasteiger partial charge in [0.2, 0.25) is 5.91 Å². The van der Waals surface area contributed by atoms with Gasteiger partial charge in [-0.1, -0.05) is 12.1 Å². The number of nitrogens with two attached hydrogens (primary N) is 1. The van der Waals surface area contributed by atoms with E-state index in [4.69, 9.17) is 20.0 Å². The molecule has 1 aromatic carbocycles. The summed E-state index contributed by atoms with van der Waals surface area (Å²) in [6, 6.07) is 5.50. The van der Waals surface area contributed by atoms with E-state index >= 15 is 0 Å². The molecular weight excluding hydrogens is 224 g/mol. The van der Waals surface area contributed by atoms with Crippen molar-refractivity contribution >= 4 is 5.91 Å². The highest BCUT2D eigenvalue weighted by molar-refractivity contribution is 5.74. The van der Waals surface area contributed by atoms with Crippen molar-refractivity contribution in [3.05, 3.63) is 23.8 Å². The van der Waals surface area contributed by atoms with Crippen LogP contribution in [0.2, 0.25) is 0 Å². The van der Waals surface area contributed by atoms with Gasteiger partial charge in [0.15, 0.2) is 11.5 Å². The summed E-state index contributed by atoms with van der Waals surface area (Å²) in [5.74, 6) is 0.738. The molecule has 0 aliphatic heterocycles. The smallest absolute Gasteiger partial charge is 0.245 e. The number of hydroxylamine groups is 1. The van der Waals surface area contributed by atoms with Gasteiger partial charge in [-0.05, 0) is 6.07 Å². The zero-order chi connectivity index (χ0) is 12.7. The summed E-state index contributed by atoms with van der Waals surface area (Å²) in [6.45, 7) is 0.208. The third kappa shape index (κ3) is 3.93. The van der Waals surface area contributed by atoms with Gasteiger partial charge in [0, 0.05) is 12.1 Å². The van der Waals surface area contributed by atoms with Crippen LogP contribution in [-0.4, -0.2) is 26.7 Å². The van der Waals surface area contributed by atoms with Crippen LogP contribution in [0.1, 0.15) is 5.56 Å². The Morgan fingerprint density at radius 3 is 2.71 bits per heavy atom. The number of para-hydroxylation sites is 1. The van der Waals surface area contributed by atoms with E-state index in [-0.39, 0.29) is 6.61 Å². The van der Waals surface area contributed by atoms with Crippen LogP contribution in [0.3, 0.4) is 0 Å². The molecule has 94 valence electrons. The van der Waals surface area contributed by atoms with Gasteiger partial charge in [-0.2, -0.15) is 5.48 Å². The molecule has 0 unspecified atom stereocenters. The van der Waals surface area contributed by atoms with Gasteiger partial charge in [-0.25, -0.2) is 0 Å². The first kappa shape index (κ1) is 13.3. The van der Waals surface area contributed by atoms with Crippen molar-refractivity contribution < 1.29 is 19.1 Å². The molecule has 0 bridgehead atoms. The second-order valence-electron chi connectivity index (χ2n) is 3.23. The fraction of sp³-hybridized carbons (Fsp3) is 0.364. The first-order valence-corrected chi connectivity index (χ1v) is 5.02. The van der Waals surface area contributed by atoms with Crippen LogP contribution in [0.5, 0.6) is 11.5 Å². The number of ether oxygens (including phenoxy) is 2. The molecule has 17 heavy (non-hydrogen) atoms. The summed E-state index contributed by atoms with van der Waals surface area (Å²) >= 11 is 0. The molecular formula is C11H16N2O4. The molecule has 0 spiro atoms. The van der Waals surface area contributed by atoms with E-state index in [1.54, 1.807) is 20.3 Å². The third-order valence-corrected chi connectivity index (χ3v) is 2.06. The Bertz CT molecular complexity index is 382. The van der Waals surface area contributed by atoms with Gasteiger partial charge in [0.05, 0.1) is 14.2 Å².